The summed E-state index contributed by atoms with van der Waals surface area (Å²) in [5.41, 5.74) is 2.24. The molecule has 1 amide bonds. The van der Waals surface area contributed by atoms with Gasteiger partial charge in [-0.05, 0) is 83.1 Å². The molecular weight excluding hydrogens is 539 g/mol. The summed E-state index contributed by atoms with van der Waals surface area (Å²) >= 11 is 8.10. The Bertz CT molecular complexity index is 1160. The first-order chi connectivity index (χ1) is 15.5. The minimum atomic E-state index is -0.477. The lowest BCUT2D eigenvalue weighted by molar-refractivity contribution is -0.112. The maximum Gasteiger partial charge on any atom is 0.266 e. The number of carbonyl (C=O) groups is 1. The fourth-order valence-electron chi connectivity index (χ4n) is 2.85. The highest BCUT2D eigenvalue weighted by atomic mass is 127. The number of anilines is 1. The molecule has 0 spiro atoms. The fourth-order valence-corrected chi connectivity index (χ4v) is 3.75. The summed E-state index contributed by atoms with van der Waals surface area (Å²) in [5.74, 6) is 0.668. The van der Waals surface area contributed by atoms with Crippen LogP contribution in [0.25, 0.3) is 6.08 Å². The van der Waals surface area contributed by atoms with Crippen LogP contribution >= 0.6 is 34.2 Å². The van der Waals surface area contributed by atoms with Crippen molar-refractivity contribution in [1.29, 1.82) is 5.26 Å². The first-order valence-electron chi connectivity index (χ1n) is 9.82. The van der Waals surface area contributed by atoms with Crippen LogP contribution in [0.1, 0.15) is 18.1 Å². The van der Waals surface area contributed by atoms with Gasteiger partial charge in [0.1, 0.15) is 18.2 Å². The molecule has 3 rings (SSSR count). The van der Waals surface area contributed by atoms with Crippen LogP contribution in [0.3, 0.4) is 0 Å². The number of halogens is 2. The number of benzene rings is 3. The zero-order valence-corrected chi connectivity index (χ0v) is 20.2. The highest BCUT2D eigenvalue weighted by Crippen LogP contribution is 2.35. The van der Waals surface area contributed by atoms with E-state index in [0.717, 1.165) is 9.13 Å². The van der Waals surface area contributed by atoms with Crippen LogP contribution in [0.4, 0.5) is 5.69 Å². The summed E-state index contributed by atoms with van der Waals surface area (Å²) in [6.45, 7) is 2.68. The van der Waals surface area contributed by atoms with Crippen LogP contribution in [-0.2, 0) is 11.4 Å². The average molecular weight is 559 g/mol. The van der Waals surface area contributed by atoms with Crippen LogP contribution in [0.2, 0.25) is 5.02 Å². The third kappa shape index (κ3) is 6.49. The van der Waals surface area contributed by atoms with Gasteiger partial charge in [0.2, 0.25) is 0 Å². The van der Waals surface area contributed by atoms with E-state index >= 15 is 0 Å². The monoisotopic (exact) mass is 558 g/mol. The zero-order valence-electron chi connectivity index (χ0n) is 17.3. The van der Waals surface area contributed by atoms with E-state index in [1.807, 2.05) is 61.5 Å². The largest absolute Gasteiger partial charge is 0.490 e. The van der Waals surface area contributed by atoms with E-state index in [4.69, 9.17) is 21.1 Å². The van der Waals surface area contributed by atoms with Crippen molar-refractivity contribution in [1.82, 2.24) is 0 Å². The third-order valence-electron chi connectivity index (χ3n) is 4.34. The molecular formula is C25H20ClIN2O3. The molecule has 0 radical (unpaired) electrons. The normalized spacial score (nSPS) is 10.9. The van der Waals surface area contributed by atoms with Gasteiger partial charge in [-0.15, -0.1) is 0 Å². The van der Waals surface area contributed by atoms with Gasteiger partial charge in [-0.3, -0.25) is 4.79 Å². The quantitative estimate of drug-likeness (QED) is 0.195. The van der Waals surface area contributed by atoms with E-state index < -0.39 is 5.91 Å². The Labute approximate surface area is 205 Å². The Morgan fingerprint density at radius 3 is 2.50 bits per heavy atom. The predicted octanol–water partition coefficient (Wildman–Crippen LogP) is 6.47. The van der Waals surface area contributed by atoms with Crippen molar-refractivity contribution in [2.75, 3.05) is 11.9 Å². The summed E-state index contributed by atoms with van der Waals surface area (Å²) in [4.78, 5) is 12.5. The van der Waals surface area contributed by atoms with Crippen molar-refractivity contribution in [2.45, 2.75) is 13.5 Å². The number of hydrogen-bond donors (Lipinski definition) is 1. The number of para-hydroxylation sites is 1. The van der Waals surface area contributed by atoms with Gasteiger partial charge in [0, 0.05) is 10.7 Å². The van der Waals surface area contributed by atoms with Crippen molar-refractivity contribution >= 4 is 51.9 Å². The minimum absolute atomic E-state index is 0.0121. The lowest BCUT2D eigenvalue weighted by atomic mass is 10.1. The summed E-state index contributed by atoms with van der Waals surface area (Å²) < 4.78 is 12.6. The molecule has 3 aromatic rings. The second-order valence-electron chi connectivity index (χ2n) is 6.67. The molecule has 0 saturated carbocycles. The average Bonchev–Trinajstić information content (AvgIpc) is 2.79. The Morgan fingerprint density at radius 1 is 1.12 bits per heavy atom. The maximum atomic E-state index is 12.5. The third-order valence-corrected chi connectivity index (χ3v) is 5.39. The molecule has 0 unspecified atom stereocenters. The van der Waals surface area contributed by atoms with E-state index in [1.165, 1.54) is 6.08 Å². The second-order valence-corrected chi connectivity index (χ2v) is 8.27. The highest BCUT2D eigenvalue weighted by molar-refractivity contribution is 14.1. The lowest BCUT2D eigenvalue weighted by Crippen LogP contribution is -2.13. The molecule has 0 bridgehead atoms. The van der Waals surface area contributed by atoms with E-state index in [9.17, 15) is 10.1 Å². The smallest absolute Gasteiger partial charge is 0.266 e. The number of hydrogen-bond acceptors (Lipinski definition) is 4. The number of amides is 1. The van der Waals surface area contributed by atoms with Crippen LogP contribution in [-0.4, -0.2) is 12.5 Å². The summed E-state index contributed by atoms with van der Waals surface area (Å²) in [7, 11) is 0. The first kappa shape index (κ1) is 23.6. The number of rotatable bonds is 8. The molecule has 0 atom stereocenters. The SMILES string of the molecule is CCOc1cc(/C=C(/C#N)C(=O)Nc2ccccc2)cc(I)c1OCc1ccc(Cl)cc1. The standard InChI is InChI=1S/C25H20ClIN2O3/c1-2-31-23-14-18(12-19(15-28)25(30)29-21-6-4-3-5-7-21)13-22(27)24(23)32-16-17-8-10-20(26)11-9-17/h3-14H,2,16H2,1H3,(H,29,30)/b19-12-. The van der Waals surface area contributed by atoms with Crippen LogP contribution < -0.4 is 14.8 Å². The van der Waals surface area contributed by atoms with Gasteiger partial charge in [-0.1, -0.05) is 41.9 Å². The van der Waals surface area contributed by atoms with E-state index in [0.29, 0.717) is 41.0 Å². The van der Waals surface area contributed by atoms with Gasteiger partial charge >= 0.3 is 0 Å². The van der Waals surface area contributed by atoms with Crippen molar-refractivity contribution in [3.05, 3.63) is 92.0 Å². The molecule has 5 nitrogen and oxygen atoms in total. The van der Waals surface area contributed by atoms with Crippen LogP contribution in [0, 0.1) is 14.9 Å². The summed E-state index contributed by atoms with van der Waals surface area (Å²) in [5, 5.41) is 12.9. The van der Waals surface area contributed by atoms with Gasteiger partial charge in [0.15, 0.2) is 11.5 Å². The molecule has 0 aliphatic carbocycles. The van der Waals surface area contributed by atoms with Gasteiger partial charge in [-0.25, -0.2) is 0 Å². The molecule has 0 aromatic heterocycles. The number of carbonyl (C=O) groups excluding carboxylic acids is 1. The predicted molar refractivity (Wildman–Crippen MR) is 135 cm³/mol. The molecule has 0 fully saturated rings. The Balaban J connectivity index is 1.84. The van der Waals surface area contributed by atoms with Gasteiger partial charge in [0.05, 0.1) is 10.2 Å². The van der Waals surface area contributed by atoms with Gasteiger partial charge < -0.3 is 14.8 Å². The van der Waals surface area contributed by atoms with Crippen LogP contribution in [0.15, 0.2) is 72.3 Å². The van der Waals surface area contributed by atoms with Gasteiger partial charge in [-0.2, -0.15) is 5.26 Å². The van der Waals surface area contributed by atoms with E-state index in [-0.39, 0.29) is 5.57 Å². The highest BCUT2D eigenvalue weighted by Gasteiger charge is 2.15. The van der Waals surface area contributed by atoms with Gasteiger partial charge in [0.25, 0.3) is 5.91 Å². The summed E-state index contributed by atoms with van der Waals surface area (Å²) in [6.07, 6.45) is 1.53. The lowest BCUT2D eigenvalue weighted by Gasteiger charge is -2.15. The number of nitrogens with one attached hydrogen (secondary N) is 1. The molecule has 0 saturated heterocycles. The summed E-state index contributed by atoms with van der Waals surface area (Å²) in [6, 6.07) is 22.0. The molecule has 7 heteroatoms. The van der Waals surface area contributed by atoms with Crippen LogP contribution in [0.5, 0.6) is 11.5 Å². The molecule has 0 aliphatic heterocycles. The first-order valence-corrected chi connectivity index (χ1v) is 11.3. The number of nitrogens with zero attached hydrogens (tertiary/aromatic N) is 1. The molecule has 32 heavy (non-hydrogen) atoms. The molecule has 162 valence electrons. The molecule has 0 heterocycles. The second kappa shape index (κ2) is 11.6. The Morgan fingerprint density at radius 2 is 1.84 bits per heavy atom. The Kier molecular flexibility index (Phi) is 8.54. The van der Waals surface area contributed by atoms with E-state index in [2.05, 4.69) is 27.9 Å². The molecule has 3 aromatic carbocycles. The maximum absolute atomic E-state index is 12.5. The van der Waals surface area contributed by atoms with Crippen molar-refractivity contribution in [3.63, 3.8) is 0 Å². The molecule has 1 N–H and O–H groups in total. The number of ether oxygens (including phenoxy) is 2. The zero-order chi connectivity index (χ0) is 22.9. The number of nitriles is 1. The van der Waals surface area contributed by atoms with Crippen molar-refractivity contribution in [3.8, 4) is 17.6 Å². The topological polar surface area (TPSA) is 71.3 Å². The van der Waals surface area contributed by atoms with Crippen molar-refractivity contribution < 1.29 is 14.3 Å². The van der Waals surface area contributed by atoms with Crippen molar-refractivity contribution in [2.24, 2.45) is 0 Å². The molecule has 0 aliphatic rings. The van der Waals surface area contributed by atoms with E-state index in [1.54, 1.807) is 18.2 Å². The minimum Gasteiger partial charge on any atom is -0.490 e. The fraction of sp³-hybridized carbons (Fsp3) is 0.120. The Hall–Kier alpha value is -3.02.